The molecule has 0 aliphatic carbocycles. The molecule has 0 unspecified atom stereocenters. The number of nitrogens with one attached hydrogen (secondary N) is 2. The van der Waals surface area contributed by atoms with Crippen molar-refractivity contribution in [1.82, 2.24) is 39.4 Å². The highest BCUT2D eigenvalue weighted by Gasteiger charge is 2.43. The number of rotatable bonds is 2. The van der Waals surface area contributed by atoms with Gasteiger partial charge in [-0.05, 0) is 75.2 Å². The minimum atomic E-state index is 0.542. The average Bonchev–Trinajstić information content (AvgIpc) is 3.69. The first-order valence-corrected chi connectivity index (χ1v) is 18.2. The molecule has 6 aliphatic heterocycles. The zero-order valence-electron chi connectivity index (χ0n) is 29.2. The summed E-state index contributed by atoms with van der Waals surface area (Å²) in [5.74, 6) is 1.86. The number of hydrogen-bond donors (Lipinski definition) is 2. The molecule has 2 aromatic carbocycles. The molecule has 10 nitrogen and oxygen atoms in total. The molecule has 0 radical (unpaired) electrons. The standard InChI is InChI=1S/2C19H26N4O/c2*1-21-9-10-22-7-6-17-19-15(5-8-23(17)18(22)12-21)14-4-3-13(24-2)11-16(14)20-19/h2*3-4,11,17-18,20H,5-10,12H2,1-2H3/t2*17-,18-/m10/s1. The summed E-state index contributed by atoms with van der Waals surface area (Å²) >= 11 is 0. The van der Waals surface area contributed by atoms with E-state index in [1.807, 2.05) is 0 Å². The normalized spacial score (nSPS) is 28.4. The number of piperazine rings is 2. The van der Waals surface area contributed by atoms with Gasteiger partial charge in [-0.25, -0.2) is 0 Å². The van der Waals surface area contributed by atoms with Crippen LogP contribution in [0.25, 0.3) is 21.8 Å². The summed E-state index contributed by atoms with van der Waals surface area (Å²) in [7, 11) is 7.99. The molecule has 2 N–H and O–H groups in total. The third kappa shape index (κ3) is 5.15. The van der Waals surface area contributed by atoms with Gasteiger partial charge in [-0.3, -0.25) is 19.6 Å². The molecule has 256 valence electrons. The Morgan fingerprint density at radius 1 is 0.583 bits per heavy atom. The number of H-pyrrole nitrogens is 2. The molecule has 10 rings (SSSR count). The molecule has 2 aromatic heterocycles. The lowest BCUT2D eigenvalue weighted by Crippen LogP contribution is -2.64. The van der Waals surface area contributed by atoms with Crippen molar-refractivity contribution in [2.75, 3.05) is 93.8 Å². The predicted octanol–water partition coefficient (Wildman–Crippen LogP) is 4.11. The van der Waals surface area contributed by atoms with Gasteiger partial charge in [0.25, 0.3) is 0 Å². The lowest BCUT2D eigenvalue weighted by Gasteiger charge is -2.53. The van der Waals surface area contributed by atoms with Crippen molar-refractivity contribution in [2.24, 2.45) is 0 Å². The van der Waals surface area contributed by atoms with E-state index in [2.05, 4.69) is 89.9 Å². The van der Waals surface area contributed by atoms with Crippen LogP contribution in [0.2, 0.25) is 0 Å². The highest BCUT2D eigenvalue weighted by molar-refractivity contribution is 5.87. The third-order valence-corrected chi connectivity index (χ3v) is 12.5. The highest BCUT2D eigenvalue weighted by atomic mass is 16.5. The Balaban J connectivity index is 0.000000131. The van der Waals surface area contributed by atoms with Gasteiger partial charge in [-0.2, -0.15) is 0 Å². The average molecular weight is 653 g/mol. The fraction of sp³-hybridized carbons (Fsp3) is 0.579. The zero-order chi connectivity index (χ0) is 32.5. The summed E-state index contributed by atoms with van der Waals surface area (Å²) in [6.07, 6.45) is 5.92. The number of aromatic nitrogens is 2. The van der Waals surface area contributed by atoms with Gasteiger partial charge in [0.1, 0.15) is 11.5 Å². The smallest absolute Gasteiger partial charge is 0.120 e. The van der Waals surface area contributed by atoms with Crippen molar-refractivity contribution in [3.8, 4) is 11.5 Å². The van der Waals surface area contributed by atoms with Gasteiger partial charge >= 0.3 is 0 Å². The first-order valence-electron chi connectivity index (χ1n) is 18.2. The van der Waals surface area contributed by atoms with Crippen molar-refractivity contribution in [3.63, 3.8) is 0 Å². The lowest BCUT2D eigenvalue weighted by atomic mass is 9.92. The maximum absolute atomic E-state index is 5.40. The van der Waals surface area contributed by atoms with E-state index in [9.17, 15) is 0 Å². The van der Waals surface area contributed by atoms with E-state index < -0.39 is 0 Å². The van der Waals surface area contributed by atoms with Gasteiger partial charge in [0, 0.05) is 111 Å². The number of fused-ring (bicyclic) bond motifs is 14. The van der Waals surface area contributed by atoms with Crippen LogP contribution in [0.3, 0.4) is 0 Å². The highest BCUT2D eigenvalue weighted by Crippen LogP contribution is 2.43. The van der Waals surface area contributed by atoms with Crippen molar-refractivity contribution in [1.29, 1.82) is 0 Å². The Labute approximate surface area is 284 Å². The molecule has 0 bridgehead atoms. The Morgan fingerprint density at radius 2 is 1.04 bits per heavy atom. The fourth-order valence-corrected chi connectivity index (χ4v) is 9.93. The summed E-state index contributed by atoms with van der Waals surface area (Å²) in [6, 6.07) is 14.0. The molecule has 10 heteroatoms. The van der Waals surface area contributed by atoms with Gasteiger partial charge in [0.2, 0.25) is 0 Å². The van der Waals surface area contributed by atoms with Crippen LogP contribution in [0.15, 0.2) is 36.4 Å². The summed E-state index contributed by atoms with van der Waals surface area (Å²) in [5.41, 5.74) is 8.43. The van der Waals surface area contributed by atoms with Crippen molar-refractivity contribution >= 4 is 21.8 Å². The number of benzene rings is 2. The number of ether oxygens (including phenoxy) is 2. The van der Waals surface area contributed by atoms with Gasteiger partial charge in [-0.15, -0.1) is 0 Å². The second-order valence-corrected chi connectivity index (χ2v) is 15.0. The van der Waals surface area contributed by atoms with E-state index in [1.54, 1.807) is 14.2 Å². The van der Waals surface area contributed by atoms with Crippen LogP contribution in [0.4, 0.5) is 0 Å². The largest absolute Gasteiger partial charge is 0.497 e. The Kier molecular flexibility index (Phi) is 7.94. The van der Waals surface area contributed by atoms with E-state index >= 15 is 0 Å². The molecule has 48 heavy (non-hydrogen) atoms. The number of nitrogens with zero attached hydrogens (tertiary/aromatic N) is 6. The molecule has 8 heterocycles. The maximum atomic E-state index is 5.40. The summed E-state index contributed by atoms with van der Waals surface area (Å²) in [4.78, 5) is 23.3. The monoisotopic (exact) mass is 652 g/mol. The van der Waals surface area contributed by atoms with Crippen LogP contribution in [0.5, 0.6) is 11.5 Å². The molecule has 4 fully saturated rings. The molecule has 0 amide bonds. The molecule has 0 spiro atoms. The van der Waals surface area contributed by atoms with E-state index in [0.717, 1.165) is 24.3 Å². The minimum absolute atomic E-state index is 0.542. The van der Waals surface area contributed by atoms with Crippen molar-refractivity contribution < 1.29 is 9.47 Å². The first kappa shape index (κ1) is 30.9. The van der Waals surface area contributed by atoms with E-state index in [1.165, 1.54) is 123 Å². The SMILES string of the molecule is COc1ccc2c3c([nH]c2c1)[C@@H]1CCN2CCN(C)C[C@@H]2N1CC3.COc1ccc2c3c([nH]c2c1)[C@H]1CCN2CCN(C)C[C@H]2N1CC3. The predicted molar refractivity (Wildman–Crippen MR) is 191 cm³/mol. The summed E-state index contributed by atoms with van der Waals surface area (Å²) in [5, 5.41) is 2.77. The van der Waals surface area contributed by atoms with Crippen LogP contribution in [0, 0.1) is 0 Å². The Morgan fingerprint density at radius 3 is 1.48 bits per heavy atom. The van der Waals surface area contributed by atoms with Gasteiger partial charge in [-0.1, -0.05) is 0 Å². The molecule has 4 saturated heterocycles. The number of likely N-dealkylation sites (N-methyl/N-ethyl adjacent to an activating group) is 2. The van der Waals surface area contributed by atoms with E-state index in [4.69, 9.17) is 9.47 Å². The lowest BCUT2D eigenvalue weighted by molar-refractivity contribution is -0.0772. The second-order valence-electron chi connectivity index (χ2n) is 15.0. The maximum Gasteiger partial charge on any atom is 0.120 e. The third-order valence-electron chi connectivity index (χ3n) is 12.5. The van der Waals surface area contributed by atoms with Gasteiger partial charge in [0.15, 0.2) is 0 Å². The van der Waals surface area contributed by atoms with Gasteiger partial charge in [0.05, 0.1) is 38.6 Å². The quantitative estimate of drug-likeness (QED) is 0.336. The molecule has 4 aromatic rings. The van der Waals surface area contributed by atoms with E-state index in [-0.39, 0.29) is 0 Å². The number of methoxy groups -OCH3 is 2. The zero-order valence-corrected chi connectivity index (χ0v) is 29.2. The molecular formula is C38H52N8O2. The Hall–Kier alpha value is -3.12. The topological polar surface area (TPSA) is 69.5 Å². The van der Waals surface area contributed by atoms with Crippen LogP contribution in [-0.2, 0) is 12.8 Å². The Bertz CT molecular complexity index is 1670. The van der Waals surface area contributed by atoms with Crippen LogP contribution in [0.1, 0.15) is 47.4 Å². The van der Waals surface area contributed by atoms with Crippen molar-refractivity contribution in [2.45, 2.75) is 50.1 Å². The summed E-state index contributed by atoms with van der Waals surface area (Å²) < 4.78 is 10.8. The number of hydrogen-bond acceptors (Lipinski definition) is 8. The second kappa shape index (κ2) is 12.3. The van der Waals surface area contributed by atoms with Crippen molar-refractivity contribution in [3.05, 3.63) is 58.9 Å². The fourth-order valence-electron chi connectivity index (χ4n) is 9.93. The first-order chi connectivity index (χ1) is 23.5. The van der Waals surface area contributed by atoms with Gasteiger partial charge < -0.3 is 29.2 Å². The van der Waals surface area contributed by atoms with Crippen LogP contribution >= 0.6 is 0 Å². The molecular weight excluding hydrogens is 600 g/mol. The van der Waals surface area contributed by atoms with Crippen LogP contribution < -0.4 is 9.47 Å². The summed E-state index contributed by atoms with van der Waals surface area (Å²) in [6.45, 7) is 11.9. The van der Waals surface area contributed by atoms with Crippen LogP contribution in [-0.4, -0.2) is 145 Å². The molecule has 4 atom stereocenters. The minimum Gasteiger partial charge on any atom is -0.497 e. The number of aromatic amines is 2. The molecule has 6 aliphatic rings. The van der Waals surface area contributed by atoms with E-state index in [0.29, 0.717) is 24.4 Å². The molecule has 0 saturated carbocycles.